The van der Waals surface area contributed by atoms with E-state index in [4.69, 9.17) is 16.0 Å². The molecular weight excluding hydrogens is 590 g/mol. The SMILES string of the molecule is CC1CC(O)=Cc2c1oc(C(=O)N[C@@H](C=C1CCN(c3ccccc3CN3CCCC3=O)CC1)Cc1ccc(Cl)cc1)cc2=O. The van der Waals surface area contributed by atoms with E-state index >= 15 is 0 Å². The van der Waals surface area contributed by atoms with Gasteiger partial charge in [-0.05, 0) is 61.1 Å². The van der Waals surface area contributed by atoms with Gasteiger partial charge in [0.05, 0.1) is 17.4 Å². The van der Waals surface area contributed by atoms with E-state index in [-0.39, 0.29) is 34.8 Å². The summed E-state index contributed by atoms with van der Waals surface area (Å²) in [5.41, 5.74) is 4.54. The summed E-state index contributed by atoms with van der Waals surface area (Å²) >= 11 is 6.12. The number of nitrogens with zero attached hydrogens (tertiary/aromatic N) is 2. The molecule has 0 saturated carbocycles. The molecule has 3 aliphatic rings. The highest BCUT2D eigenvalue weighted by Gasteiger charge is 2.27. The number of piperidine rings is 1. The number of amides is 2. The fraction of sp³-hybridized carbons (Fsp3) is 0.361. The average molecular weight is 628 g/mol. The molecule has 2 amide bonds. The van der Waals surface area contributed by atoms with Crippen molar-refractivity contribution >= 4 is 35.2 Å². The molecule has 2 aliphatic heterocycles. The molecule has 3 heterocycles. The Hall–Kier alpha value is -4.30. The molecule has 3 aromatic rings. The van der Waals surface area contributed by atoms with Crippen LogP contribution in [-0.4, -0.2) is 47.5 Å². The van der Waals surface area contributed by atoms with E-state index in [1.165, 1.54) is 29.0 Å². The van der Waals surface area contributed by atoms with Crippen LogP contribution in [0.2, 0.25) is 5.02 Å². The first-order valence-electron chi connectivity index (χ1n) is 15.7. The number of para-hydroxylation sites is 1. The molecule has 1 aliphatic carbocycles. The number of benzene rings is 2. The molecule has 0 bridgehead atoms. The van der Waals surface area contributed by atoms with Crippen molar-refractivity contribution in [2.45, 2.75) is 64.0 Å². The number of carbonyl (C=O) groups is 2. The van der Waals surface area contributed by atoms with Crippen LogP contribution >= 0.6 is 11.6 Å². The second-order valence-electron chi connectivity index (χ2n) is 12.3. The third kappa shape index (κ3) is 7.17. The molecule has 2 saturated heterocycles. The number of hydrogen-bond donors (Lipinski definition) is 2. The van der Waals surface area contributed by atoms with Crippen LogP contribution in [-0.2, 0) is 17.8 Å². The quantitative estimate of drug-likeness (QED) is 0.281. The molecule has 2 fully saturated rings. The van der Waals surface area contributed by atoms with Crippen LogP contribution in [0.1, 0.15) is 78.0 Å². The summed E-state index contributed by atoms with van der Waals surface area (Å²) in [4.78, 5) is 42.9. The van der Waals surface area contributed by atoms with Crippen LogP contribution < -0.4 is 15.6 Å². The Bertz CT molecular complexity index is 1700. The van der Waals surface area contributed by atoms with Gasteiger partial charge in [-0.3, -0.25) is 14.4 Å². The topological polar surface area (TPSA) is 103 Å². The summed E-state index contributed by atoms with van der Waals surface area (Å²) in [5, 5.41) is 13.7. The van der Waals surface area contributed by atoms with Crippen molar-refractivity contribution in [3.8, 4) is 0 Å². The summed E-state index contributed by atoms with van der Waals surface area (Å²) in [6, 6.07) is 16.8. The first-order valence-corrected chi connectivity index (χ1v) is 16.0. The van der Waals surface area contributed by atoms with Gasteiger partial charge < -0.3 is 24.6 Å². The predicted molar refractivity (Wildman–Crippen MR) is 176 cm³/mol. The summed E-state index contributed by atoms with van der Waals surface area (Å²) < 4.78 is 5.95. The lowest BCUT2D eigenvalue weighted by molar-refractivity contribution is -0.128. The minimum absolute atomic E-state index is 0.0391. The van der Waals surface area contributed by atoms with Crippen LogP contribution in [0.15, 0.2) is 81.2 Å². The second kappa shape index (κ2) is 13.4. The number of likely N-dealkylation sites (tertiary alicyclic amines) is 1. The number of aliphatic hydroxyl groups is 1. The van der Waals surface area contributed by atoms with Crippen molar-refractivity contribution in [3.05, 3.63) is 115 Å². The molecule has 0 radical (unpaired) electrons. The van der Waals surface area contributed by atoms with E-state index < -0.39 is 5.91 Å². The Morgan fingerprint density at radius 1 is 1.09 bits per heavy atom. The van der Waals surface area contributed by atoms with Crippen LogP contribution in [0.4, 0.5) is 5.69 Å². The molecule has 2 atom stereocenters. The van der Waals surface area contributed by atoms with Crippen LogP contribution in [0, 0.1) is 0 Å². The molecule has 2 N–H and O–H groups in total. The average Bonchev–Trinajstić information content (AvgIpc) is 3.43. The van der Waals surface area contributed by atoms with E-state index in [2.05, 4.69) is 28.4 Å². The summed E-state index contributed by atoms with van der Waals surface area (Å²) in [6.45, 7) is 4.97. The minimum Gasteiger partial charge on any atom is -0.512 e. The lowest BCUT2D eigenvalue weighted by atomic mass is 9.93. The highest BCUT2D eigenvalue weighted by molar-refractivity contribution is 6.30. The van der Waals surface area contributed by atoms with Crippen molar-refractivity contribution < 1.29 is 19.1 Å². The first kappa shape index (κ1) is 30.7. The van der Waals surface area contributed by atoms with E-state index in [1.54, 1.807) is 0 Å². The van der Waals surface area contributed by atoms with Gasteiger partial charge >= 0.3 is 0 Å². The number of aliphatic hydroxyl groups excluding tert-OH is 1. The van der Waals surface area contributed by atoms with Crippen molar-refractivity contribution in [2.75, 3.05) is 24.5 Å². The van der Waals surface area contributed by atoms with Crippen molar-refractivity contribution in [1.82, 2.24) is 10.2 Å². The maximum Gasteiger partial charge on any atom is 0.287 e. The zero-order valence-electron chi connectivity index (χ0n) is 25.4. The number of fused-ring (bicyclic) bond motifs is 1. The van der Waals surface area contributed by atoms with Gasteiger partial charge in [0.15, 0.2) is 11.2 Å². The highest BCUT2D eigenvalue weighted by Crippen LogP contribution is 2.32. The molecule has 0 spiro atoms. The van der Waals surface area contributed by atoms with Gasteiger partial charge in [0.25, 0.3) is 5.91 Å². The van der Waals surface area contributed by atoms with Crippen LogP contribution in [0.5, 0.6) is 0 Å². The van der Waals surface area contributed by atoms with Gasteiger partial charge in [0.1, 0.15) is 5.76 Å². The number of hydrogen-bond acceptors (Lipinski definition) is 6. The lowest BCUT2D eigenvalue weighted by Crippen LogP contribution is -2.37. The fourth-order valence-corrected chi connectivity index (χ4v) is 6.68. The van der Waals surface area contributed by atoms with Crippen molar-refractivity contribution in [2.24, 2.45) is 0 Å². The monoisotopic (exact) mass is 627 g/mol. The van der Waals surface area contributed by atoms with Gasteiger partial charge in [0.2, 0.25) is 5.91 Å². The zero-order valence-corrected chi connectivity index (χ0v) is 26.2. The number of rotatable bonds is 8. The van der Waals surface area contributed by atoms with Crippen molar-refractivity contribution in [3.63, 3.8) is 0 Å². The maximum atomic E-state index is 13.5. The number of nitrogens with one attached hydrogen (secondary N) is 1. The zero-order chi connectivity index (χ0) is 31.5. The molecule has 1 unspecified atom stereocenters. The predicted octanol–water partition coefficient (Wildman–Crippen LogP) is 6.39. The van der Waals surface area contributed by atoms with Crippen LogP contribution in [0.3, 0.4) is 0 Å². The second-order valence-corrected chi connectivity index (χ2v) is 12.7. The van der Waals surface area contributed by atoms with E-state index in [0.717, 1.165) is 44.5 Å². The third-order valence-electron chi connectivity index (χ3n) is 8.90. The summed E-state index contributed by atoms with van der Waals surface area (Å²) in [7, 11) is 0. The molecule has 6 rings (SSSR count). The first-order chi connectivity index (χ1) is 21.7. The van der Waals surface area contributed by atoms with E-state index in [0.29, 0.717) is 42.2 Å². The smallest absolute Gasteiger partial charge is 0.287 e. The maximum absolute atomic E-state index is 13.5. The highest BCUT2D eigenvalue weighted by atomic mass is 35.5. The third-order valence-corrected chi connectivity index (χ3v) is 9.16. The van der Waals surface area contributed by atoms with Crippen molar-refractivity contribution in [1.29, 1.82) is 0 Å². The van der Waals surface area contributed by atoms with Gasteiger partial charge in [-0.2, -0.15) is 0 Å². The Morgan fingerprint density at radius 3 is 2.58 bits per heavy atom. The van der Waals surface area contributed by atoms with E-state index in [9.17, 15) is 19.5 Å². The number of halogens is 1. The molecule has 8 nitrogen and oxygen atoms in total. The van der Waals surface area contributed by atoms with Gasteiger partial charge in [-0.25, -0.2) is 0 Å². The Balaban J connectivity index is 1.19. The molecule has 2 aromatic carbocycles. The molecule has 45 heavy (non-hydrogen) atoms. The number of carbonyl (C=O) groups excluding carboxylic acids is 2. The minimum atomic E-state index is -0.459. The van der Waals surface area contributed by atoms with Gasteiger partial charge in [0, 0.05) is 61.7 Å². The summed E-state index contributed by atoms with van der Waals surface area (Å²) in [5.74, 6) is 0.0545. The van der Waals surface area contributed by atoms with Gasteiger partial charge in [-0.15, -0.1) is 0 Å². The lowest BCUT2D eigenvalue weighted by Gasteiger charge is -2.33. The molecule has 9 heteroatoms. The standard InChI is InChI=1S/C36H38ClN3O5/c1-23-17-29(41)20-30-32(42)21-33(45-35(23)30)36(44)38-28(18-24-8-10-27(37)11-9-24)19-25-12-15-39(16-13-25)31-6-3-2-5-26(31)22-40-14-4-7-34(40)43/h2-3,5-6,8-11,19-21,23,28,41H,4,7,12-18,22H2,1H3,(H,38,44)/t23?,28-/m1/s1. The molecular formula is C36H38ClN3O5. The largest absolute Gasteiger partial charge is 0.512 e. The summed E-state index contributed by atoms with van der Waals surface area (Å²) in [6.07, 6.45) is 7.69. The Morgan fingerprint density at radius 2 is 1.84 bits per heavy atom. The fourth-order valence-electron chi connectivity index (χ4n) is 6.55. The number of allylic oxidation sites excluding steroid dienone is 1. The number of anilines is 1. The normalized spacial score (nSPS) is 18.8. The Kier molecular flexibility index (Phi) is 9.12. The van der Waals surface area contributed by atoms with Gasteiger partial charge in [-0.1, -0.05) is 60.5 Å². The molecule has 1 aromatic heterocycles. The molecule has 234 valence electrons. The Labute approximate surface area is 268 Å². The van der Waals surface area contributed by atoms with E-state index in [1.807, 2.05) is 48.2 Å². The van der Waals surface area contributed by atoms with Crippen LogP contribution in [0.25, 0.3) is 6.08 Å².